The maximum absolute atomic E-state index is 13.0. The van der Waals surface area contributed by atoms with Gasteiger partial charge in [0, 0.05) is 12.4 Å². The maximum Gasteiger partial charge on any atom is 0.435 e. The van der Waals surface area contributed by atoms with Gasteiger partial charge in [-0.15, -0.1) is 0 Å². The number of aromatic nitrogens is 2. The third-order valence-electron chi connectivity index (χ3n) is 2.34. The van der Waals surface area contributed by atoms with E-state index in [-0.39, 0.29) is 21.0 Å². The molecule has 0 amide bonds. The molecule has 0 saturated heterocycles. The first-order valence-corrected chi connectivity index (χ1v) is 8.35. The number of halogens is 5. The lowest BCUT2D eigenvalue weighted by Gasteiger charge is -2.05. The zero-order valence-corrected chi connectivity index (χ0v) is 14.4. The van der Waals surface area contributed by atoms with Crippen LogP contribution in [0, 0.1) is 0 Å². The number of nitrogens with zero attached hydrogens (tertiary/aromatic N) is 2. The van der Waals surface area contributed by atoms with E-state index in [9.17, 15) is 18.0 Å². The van der Waals surface area contributed by atoms with Gasteiger partial charge in [-0.05, 0) is 6.92 Å². The number of pyridine rings is 1. The molecule has 2 rings (SSSR count). The van der Waals surface area contributed by atoms with Crippen LogP contribution in [0.4, 0.5) is 13.2 Å². The number of esters is 1. The average Bonchev–Trinajstić information content (AvgIpc) is 2.87. The van der Waals surface area contributed by atoms with Crippen LogP contribution in [-0.4, -0.2) is 22.5 Å². The van der Waals surface area contributed by atoms with Crippen LogP contribution in [0.25, 0.3) is 0 Å². The van der Waals surface area contributed by atoms with Crippen molar-refractivity contribution >= 4 is 52.3 Å². The summed E-state index contributed by atoms with van der Waals surface area (Å²) in [5.41, 5.74) is -1.29. The third kappa shape index (κ3) is 4.28. The van der Waals surface area contributed by atoms with E-state index in [1.807, 2.05) is 0 Å². The van der Waals surface area contributed by atoms with Crippen LogP contribution in [0.1, 0.15) is 22.3 Å². The summed E-state index contributed by atoms with van der Waals surface area (Å²) in [5, 5.41) is 0.341. The van der Waals surface area contributed by atoms with Crippen molar-refractivity contribution in [2.45, 2.75) is 22.3 Å². The van der Waals surface area contributed by atoms with E-state index in [0.717, 1.165) is 11.8 Å². The molecule has 0 aliphatic carbocycles. The molecule has 0 aromatic carbocycles. The summed E-state index contributed by atoms with van der Waals surface area (Å²) in [7, 11) is 0. The van der Waals surface area contributed by atoms with E-state index < -0.39 is 22.7 Å². The van der Waals surface area contributed by atoms with Gasteiger partial charge in [-0.2, -0.15) is 13.2 Å². The van der Waals surface area contributed by atoms with Crippen molar-refractivity contribution in [2.75, 3.05) is 6.61 Å². The zero-order chi connectivity index (χ0) is 17.2. The SMILES string of the molecule is CCOC(=O)c1sc(Sc2c(Cl)cncc2Cl)nc1C(F)(F)F. The van der Waals surface area contributed by atoms with E-state index in [1.54, 1.807) is 0 Å². The number of alkyl halides is 3. The van der Waals surface area contributed by atoms with Crippen molar-refractivity contribution in [3.8, 4) is 0 Å². The van der Waals surface area contributed by atoms with Crippen molar-refractivity contribution in [1.29, 1.82) is 0 Å². The van der Waals surface area contributed by atoms with E-state index in [2.05, 4.69) is 14.7 Å². The molecule has 0 atom stereocenters. The lowest BCUT2D eigenvalue weighted by Crippen LogP contribution is -2.13. The summed E-state index contributed by atoms with van der Waals surface area (Å²) in [6, 6.07) is 0. The van der Waals surface area contributed by atoms with Crippen LogP contribution in [0.3, 0.4) is 0 Å². The number of rotatable bonds is 4. The number of hydrogen-bond acceptors (Lipinski definition) is 6. The number of carbonyl (C=O) groups is 1. The second-order valence-electron chi connectivity index (χ2n) is 3.91. The largest absolute Gasteiger partial charge is 0.462 e. The van der Waals surface area contributed by atoms with E-state index in [4.69, 9.17) is 23.2 Å². The van der Waals surface area contributed by atoms with Crippen LogP contribution >= 0.6 is 46.3 Å². The molecule has 2 aromatic rings. The molecule has 4 nitrogen and oxygen atoms in total. The maximum atomic E-state index is 13.0. The molecule has 0 aliphatic rings. The van der Waals surface area contributed by atoms with Gasteiger partial charge >= 0.3 is 12.1 Å². The highest BCUT2D eigenvalue weighted by atomic mass is 35.5. The number of carbonyl (C=O) groups excluding carboxylic acids is 1. The monoisotopic (exact) mass is 402 g/mol. The van der Waals surface area contributed by atoms with Gasteiger partial charge in [-0.1, -0.05) is 46.3 Å². The number of thiazole rings is 1. The van der Waals surface area contributed by atoms with Gasteiger partial charge in [0.2, 0.25) is 0 Å². The van der Waals surface area contributed by atoms with Crippen LogP contribution in [-0.2, 0) is 10.9 Å². The van der Waals surface area contributed by atoms with Gasteiger partial charge in [0.15, 0.2) is 10.0 Å². The van der Waals surface area contributed by atoms with Crippen LogP contribution < -0.4 is 0 Å². The molecule has 0 N–H and O–H groups in total. The van der Waals surface area contributed by atoms with Crippen molar-refractivity contribution in [3.63, 3.8) is 0 Å². The first-order chi connectivity index (χ1) is 10.7. The second kappa shape index (κ2) is 7.25. The fourth-order valence-corrected chi connectivity index (χ4v) is 4.04. The van der Waals surface area contributed by atoms with Crippen LogP contribution in [0.2, 0.25) is 10.0 Å². The van der Waals surface area contributed by atoms with E-state index in [1.165, 1.54) is 19.3 Å². The summed E-state index contributed by atoms with van der Waals surface area (Å²) >= 11 is 13.2. The quantitative estimate of drug-likeness (QED) is 0.658. The molecule has 0 saturated carbocycles. The van der Waals surface area contributed by atoms with Crippen molar-refractivity contribution in [3.05, 3.63) is 33.0 Å². The summed E-state index contributed by atoms with van der Waals surface area (Å²) in [6.45, 7) is 1.46. The Labute approximate surface area is 147 Å². The highest BCUT2D eigenvalue weighted by molar-refractivity contribution is 8.01. The summed E-state index contributed by atoms with van der Waals surface area (Å²) in [5.74, 6) is -1.07. The average molecular weight is 403 g/mol. The molecule has 0 aliphatic heterocycles. The molecule has 2 heterocycles. The van der Waals surface area contributed by atoms with Crippen LogP contribution in [0.15, 0.2) is 21.6 Å². The number of ether oxygens (including phenoxy) is 1. The van der Waals surface area contributed by atoms with E-state index >= 15 is 0 Å². The molecular weight excluding hydrogens is 396 g/mol. The third-order valence-corrected chi connectivity index (χ3v) is 5.37. The minimum atomic E-state index is -4.77. The standard InChI is InChI=1S/C12H7Cl2F3N2O2S2/c1-2-21-10(20)8-9(12(15,16)17)19-11(23-8)22-7-5(13)3-18-4-6(7)14/h3-4H,2H2,1H3. The molecule has 11 heteroatoms. The minimum absolute atomic E-state index is 0.0321. The first-order valence-electron chi connectivity index (χ1n) is 5.96. The van der Waals surface area contributed by atoms with E-state index in [0.29, 0.717) is 16.2 Å². The number of hydrogen-bond donors (Lipinski definition) is 0. The van der Waals surface area contributed by atoms with Gasteiger partial charge in [0.05, 0.1) is 21.5 Å². The minimum Gasteiger partial charge on any atom is -0.462 e. The van der Waals surface area contributed by atoms with Crippen molar-refractivity contribution < 1.29 is 22.7 Å². The van der Waals surface area contributed by atoms with Gasteiger partial charge in [-0.3, -0.25) is 4.98 Å². The lowest BCUT2D eigenvalue weighted by atomic mass is 10.3. The molecular formula is C12H7Cl2F3N2O2S2. The highest BCUT2D eigenvalue weighted by Crippen LogP contribution is 2.43. The first kappa shape index (κ1) is 18.3. The predicted octanol–water partition coefficient (Wildman–Crippen LogP) is 5.19. The zero-order valence-electron chi connectivity index (χ0n) is 11.3. The van der Waals surface area contributed by atoms with Gasteiger partial charge in [-0.25, -0.2) is 9.78 Å². The Morgan fingerprint density at radius 1 is 1.35 bits per heavy atom. The topological polar surface area (TPSA) is 52.1 Å². The Balaban J connectivity index is 2.43. The summed E-state index contributed by atoms with van der Waals surface area (Å²) in [6.07, 6.45) is -2.16. The second-order valence-corrected chi connectivity index (χ2v) is 6.98. The Morgan fingerprint density at radius 3 is 2.48 bits per heavy atom. The normalized spacial score (nSPS) is 11.6. The molecule has 2 aromatic heterocycles. The Morgan fingerprint density at radius 2 is 1.96 bits per heavy atom. The molecule has 124 valence electrons. The lowest BCUT2D eigenvalue weighted by molar-refractivity contribution is -0.141. The molecule has 0 unspecified atom stereocenters. The Hall–Kier alpha value is -1.03. The summed E-state index contributed by atoms with van der Waals surface area (Å²) in [4.78, 5) is 18.6. The molecule has 0 spiro atoms. The Kier molecular flexibility index (Phi) is 5.77. The van der Waals surface area contributed by atoms with Gasteiger partial charge in [0.1, 0.15) is 4.88 Å². The molecule has 0 fully saturated rings. The van der Waals surface area contributed by atoms with Crippen molar-refractivity contribution in [1.82, 2.24) is 9.97 Å². The fraction of sp³-hybridized carbons (Fsp3) is 0.250. The van der Waals surface area contributed by atoms with Gasteiger partial charge in [0.25, 0.3) is 0 Å². The van der Waals surface area contributed by atoms with Crippen LogP contribution in [0.5, 0.6) is 0 Å². The fourth-order valence-electron chi connectivity index (χ4n) is 1.46. The van der Waals surface area contributed by atoms with Crippen molar-refractivity contribution in [2.24, 2.45) is 0 Å². The molecule has 23 heavy (non-hydrogen) atoms. The smallest absolute Gasteiger partial charge is 0.435 e. The molecule has 0 radical (unpaired) electrons. The molecule has 0 bridgehead atoms. The van der Waals surface area contributed by atoms with Gasteiger partial charge < -0.3 is 4.74 Å². The Bertz CT molecular complexity index is 717. The summed E-state index contributed by atoms with van der Waals surface area (Å²) < 4.78 is 43.7. The highest BCUT2D eigenvalue weighted by Gasteiger charge is 2.40. The predicted molar refractivity (Wildman–Crippen MR) is 81.5 cm³/mol.